The Morgan fingerprint density at radius 2 is 1.76 bits per heavy atom. The number of alkyl halides is 5. The molecule has 0 unspecified atom stereocenters. The van der Waals surface area contributed by atoms with Gasteiger partial charge in [0.05, 0.1) is 23.5 Å². The minimum atomic E-state index is -5.38. The van der Waals surface area contributed by atoms with Gasteiger partial charge in [-0.1, -0.05) is 74.3 Å². The number of halogens is 7. The Morgan fingerprint density at radius 1 is 1.06 bits per heavy atom. The molecule has 4 aromatic rings. The van der Waals surface area contributed by atoms with Crippen molar-refractivity contribution in [2.24, 2.45) is 10.4 Å². The Balaban J connectivity index is 1.49. The number of rotatable bonds is 10. The van der Waals surface area contributed by atoms with E-state index in [0.717, 1.165) is 23.9 Å². The van der Waals surface area contributed by atoms with Gasteiger partial charge in [0.1, 0.15) is 17.6 Å². The van der Waals surface area contributed by atoms with Crippen molar-refractivity contribution in [1.29, 1.82) is 0 Å². The van der Waals surface area contributed by atoms with Crippen molar-refractivity contribution in [2.75, 3.05) is 6.61 Å². The molecule has 3 amide bonds. The Labute approximate surface area is 315 Å². The van der Waals surface area contributed by atoms with Crippen LogP contribution in [0.3, 0.4) is 0 Å². The fourth-order valence-corrected chi connectivity index (χ4v) is 6.46. The first kappa shape index (κ1) is 38.7. The molecule has 2 aromatic heterocycles. The van der Waals surface area contributed by atoms with Crippen LogP contribution in [0.2, 0.25) is 10.2 Å². The molecular weight excluding hydrogens is 762 g/mol. The number of imidazole rings is 1. The summed E-state index contributed by atoms with van der Waals surface area (Å²) in [5, 5.41) is 8.49. The Kier molecular flexibility index (Phi) is 10.5. The topological polar surface area (TPSA) is 147 Å². The lowest BCUT2D eigenvalue weighted by Gasteiger charge is -2.35. The standard InChI is InChI=1S/C35H33Cl2F5N8O4/c1-33(2,3)17-34(21-7-4-18(5-8-21)20-13-44-49(15-20)30(38)39)29(52)50(31(48-34)47-28(51)35(40,41)42)25(16-54-32(53)45-22-9-10-22)19-6-11-24(36)23(12-19)27-43-14-26(37)46-27/h4-8,11-15,22,25,30H,9-10,16-17H2,1-3H3,(H,43,46)(H,45,53)(H,47,48,51)/t25-,34-/m1/s1. The average Bonchev–Trinajstić information content (AvgIpc) is 3.45. The number of hydrogen-bond acceptors (Lipinski definition) is 7. The van der Waals surface area contributed by atoms with E-state index in [9.17, 15) is 31.5 Å². The number of benzene rings is 2. The smallest absolute Gasteiger partial charge is 0.447 e. The van der Waals surface area contributed by atoms with Crippen LogP contribution in [0.5, 0.6) is 0 Å². The molecule has 2 atom stereocenters. The summed E-state index contributed by atoms with van der Waals surface area (Å²) in [6.07, 6.45) is -1.10. The molecule has 3 N–H and O–H groups in total. The lowest BCUT2D eigenvalue weighted by molar-refractivity contribution is -0.172. The molecule has 1 aliphatic heterocycles. The third-order valence-corrected chi connectivity index (χ3v) is 9.14. The van der Waals surface area contributed by atoms with Crippen molar-refractivity contribution < 1.29 is 41.1 Å². The van der Waals surface area contributed by atoms with E-state index in [1.165, 1.54) is 54.9 Å². The molecule has 19 heteroatoms. The van der Waals surface area contributed by atoms with Crippen LogP contribution in [0.15, 0.2) is 66.0 Å². The van der Waals surface area contributed by atoms with E-state index in [1.54, 1.807) is 26.1 Å². The van der Waals surface area contributed by atoms with Crippen molar-refractivity contribution in [3.63, 3.8) is 0 Å². The molecule has 0 saturated heterocycles. The lowest BCUT2D eigenvalue weighted by atomic mass is 9.75. The number of aromatic nitrogens is 4. The third-order valence-electron chi connectivity index (χ3n) is 8.62. The van der Waals surface area contributed by atoms with Gasteiger partial charge in [0.15, 0.2) is 5.54 Å². The molecule has 2 aliphatic rings. The fraction of sp³-hybridized carbons (Fsp3) is 0.371. The summed E-state index contributed by atoms with van der Waals surface area (Å²) in [6, 6.07) is 9.04. The second kappa shape index (κ2) is 14.7. The molecule has 3 heterocycles. The van der Waals surface area contributed by atoms with Crippen molar-refractivity contribution in [3.8, 4) is 22.5 Å². The van der Waals surface area contributed by atoms with E-state index in [0.29, 0.717) is 21.4 Å². The van der Waals surface area contributed by atoms with E-state index in [4.69, 9.17) is 27.9 Å². The Morgan fingerprint density at radius 3 is 2.33 bits per heavy atom. The molecule has 0 spiro atoms. The number of carbonyl (C=O) groups is 3. The molecular formula is C35H33Cl2F5N8O4. The minimum Gasteiger partial charge on any atom is -0.447 e. The van der Waals surface area contributed by atoms with Crippen LogP contribution in [0, 0.1) is 5.41 Å². The van der Waals surface area contributed by atoms with Crippen LogP contribution < -0.4 is 10.6 Å². The normalized spacial score (nSPS) is 18.2. The van der Waals surface area contributed by atoms with E-state index < -0.39 is 60.2 Å². The monoisotopic (exact) mass is 794 g/mol. The largest absolute Gasteiger partial charge is 0.471 e. The van der Waals surface area contributed by atoms with E-state index >= 15 is 4.79 Å². The molecule has 1 saturated carbocycles. The number of H-pyrrole nitrogens is 1. The Bertz CT molecular complexity index is 2090. The maximum absolute atomic E-state index is 15.1. The number of nitrogens with zero attached hydrogens (tertiary/aromatic N) is 5. The third kappa shape index (κ3) is 8.36. The van der Waals surface area contributed by atoms with Crippen molar-refractivity contribution in [1.82, 2.24) is 35.3 Å². The number of aliphatic imine (C=N–C) groups is 1. The first-order chi connectivity index (χ1) is 25.3. The number of nitrogens with one attached hydrogen (secondary N) is 3. The Hall–Kier alpha value is -5.03. The number of hydrogen-bond donors (Lipinski definition) is 3. The first-order valence-corrected chi connectivity index (χ1v) is 17.3. The summed E-state index contributed by atoms with van der Waals surface area (Å²) in [5.41, 5.74) is -1.10. The van der Waals surface area contributed by atoms with Crippen LogP contribution in [0.1, 0.15) is 63.8 Å². The number of alkyl carbamates (subject to hydrolysis) is 1. The number of amides is 3. The van der Waals surface area contributed by atoms with Crippen molar-refractivity contribution in [3.05, 3.63) is 82.4 Å². The van der Waals surface area contributed by atoms with E-state index in [-0.39, 0.29) is 39.6 Å². The van der Waals surface area contributed by atoms with Gasteiger partial charge in [-0.25, -0.2) is 19.5 Å². The summed E-state index contributed by atoms with van der Waals surface area (Å²) in [5.74, 6) is -3.76. The number of guanidine groups is 1. The first-order valence-electron chi connectivity index (χ1n) is 16.5. The van der Waals surface area contributed by atoms with Gasteiger partial charge in [0.2, 0.25) is 5.96 Å². The van der Waals surface area contributed by atoms with Crippen LogP contribution >= 0.6 is 23.2 Å². The van der Waals surface area contributed by atoms with Crippen molar-refractivity contribution >= 4 is 47.1 Å². The molecule has 6 rings (SSSR count). The predicted molar refractivity (Wildman–Crippen MR) is 187 cm³/mol. The molecule has 0 bridgehead atoms. The highest BCUT2D eigenvalue weighted by Gasteiger charge is 2.55. The lowest BCUT2D eigenvalue weighted by Crippen LogP contribution is -2.51. The number of ether oxygens (including phenoxy) is 1. The molecule has 1 fully saturated rings. The highest BCUT2D eigenvalue weighted by molar-refractivity contribution is 6.33. The molecule has 2 aromatic carbocycles. The maximum Gasteiger partial charge on any atom is 0.471 e. The zero-order valence-electron chi connectivity index (χ0n) is 28.8. The van der Waals surface area contributed by atoms with Crippen LogP contribution in [-0.4, -0.2) is 67.3 Å². The molecule has 0 radical (unpaired) electrons. The maximum atomic E-state index is 15.1. The van der Waals surface area contributed by atoms with Gasteiger partial charge in [-0.05, 0) is 53.5 Å². The van der Waals surface area contributed by atoms with E-state index in [2.05, 4.69) is 25.4 Å². The second-order valence-electron chi connectivity index (χ2n) is 14.1. The number of carbonyl (C=O) groups excluding carboxylic acids is 3. The summed E-state index contributed by atoms with van der Waals surface area (Å²) < 4.78 is 73.9. The van der Waals surface area contributed by atoms with Crippen LogP contribution in [-0.2, 0) is 19.9 Å². The zero-order chi connectivity index (χ0) is 39.2. The molecule has 286 valence electrons. The summed E-state index contributed by atoms with van der Waals surface area (Å²) >= 11 is 12.6. The highest BCUT2D eigenvalue weighted by atomic mass is 35.5. The van der Waals surface area contributed by atoms with Gasteiger partial charge in [0, 0.05) is 23.4 Å². The zero-order valence-corrected chi connectivity index (χ0v) is 30.4. The van der Waals surface area contributed by atoms with E-state index in [1.807, 2.05) is 0 Å². The highest BCUT2D eigenvalue weighted by Crippen LogP contribution is 2.46. The second-order valence-corrected chi connectivity index (χ2v) is 14.9. The summed E-state index contributed by atoms with van der Waals surface area (Å²) in [6.45, 7) is 1.92. The van der Waals surface area contributed by atoms with Gasteiger partial charge in [-0.3, -0.25) is 19.8 Å². The SMILES string of the molecule is CC(C)(C)C[C@]1(c2ccc(-c3cnn(C(F)F)c3)cc2)N=C(NC(=O)C(F)(F)F)N([C@H](COC(=O)NC2CC2)c2ccc(Cl)c(-c3ncc(Cl)[nH]3)c2)C1=O. The van der Waals surface area contributed by atoms with Gasteiger partial charge in [-0.2, -0.15) is 27.1 Å². The average molecular weight is 796 g/mol. The minimum absolute atomic E-state index is 0.0735. The van der Waals surface area contributed by atoms with Crippen LogP contribution in [0.4, 0.5) is 26.7 Å². The van der Waals surface area contributed by atoms with Gasteiger partial charge in [-0.15, -0.1) is 0 Å². The molecule has 12 nitrogen and oxygen atoms in total. The quantitative estimate of drug-likeness (QED) is 0.140. The predicted octanol–water partition coefficient (Wildman–Crippen LogP) is 7.78. The summed E-state index contributed by atoms with van der Waals surface area (Å²) in [7, 11) is 0. The number of aromatic amines is 1. The van der Waals surface area contributed by atoms with Crippen molar-refractivity contribution in [2.45, 2.75) is 70.4 Å². The molecule has 1 aliphatic carbocycles. The molecule has 54 heavy (non-hydrogen) atoms. The fourth-order valence-electron chi connectivity index (χ4n) is 6.11. The van der Waals surface area contributed by atoms with Gasteiger partial charge < -0.3 is 15.0 Å². The van der Waals surface area contributed by atoms with Crippen LogP contribution in [0.25, 0.3) is 22.5 Å². The summed E-state index contributed by atoms with van der Waals surface area (Å²) in [4.78, 5) is 53.0. The van der Waals surface area contributed by atoms with Gasteiger partial charge in [0.25, 0.3) is 5.91 Å². The van der Waals surface area contributed by atoms with Gasteiger partial charge >= 0.3 is 24.7 Å².